The van der Waals surface area contributed by atoms with Crippen molar-refractivity contribution in [3.05, 3.63) is 65.7 Å². The van der Waals surface area contributed by atoms with Crippen molar-refractivity contribution in [1.29, 1.82) is 0 Å². The summed E-state index contributed by atoms with van der Waals surface area (Å²) in [7, 11) is 4.43. The van der Waals surface area contributed by atoms with Crippen LogP contribution in [0.1, 0.15) is 109 Å². The van der Waals surface area contributed by atoms with E-state index in [1.807, 2.05) is 25.1 Å². The maximum atomic E-state index is 12.9. The first kappa shape index (κ1) is 32.9. The second-order valence-corrected chi connectivity index (χ2v) is 12.0. The molecule has 0 aliphatic rings. The molecular weight excluding hydrogens is 482 g/mol. The first-order valence-electron chi connectivity index (χ1n) is 15.6. The third-order valence-electron chi connectivity index (χ3n) is 7.56. The Morgan fingerprint density at radius 3 is 1.97 bits per heavy atom. The first-order chi connectivity index (χ1) is 18.8. The molecule has 2 aromatic rings. The van der Waals surface area contributed by atoms with Crippen molar-refractivity contribution in [3.8, 4) is 5.75 Å². The van der Waals surface area contributed by atoms with E-state index in [0.717, 1.165) is 42.6 Å². The average molecular weight is 539 g/mol. The summed E-state index contributed by atoms with van der Waals surface area (Å²) in [6, 6.07) is 18.9. The quantitative estimate of drug-likeness (QED) is 0.0688. The molecule has 0 radical (unpaired) electrons. The lowest BCUT2D eigenvalue weighted by Gasteiger charge is -2.31. The Bertz CT molecular complexity index is 894. The second kappa shape index (κ2) is 18.9. The van der Waals surface area contributed by atoms with Gasteiger partial charge in [-0.3, -0.25) is 4.79 Å². The molecule has 2 unspecified atom stereocenters. The van der Waals surface area contributed by atoms with Gasteiger partial charge in [-0.25, -0.2) is 0 Å². The summed E-state index contributed by atoms with van der Waals surface area (Å²) in [4.78, 5) is 12.9. The monoisotopic (exact) mass is 538 g/mol. The van der Waals surface area contributed by atoms with E-state index in [4.69, 9.17) is 9.47 Å². The van der Waals surface area contributed by atoms with Crippen LogP contribution in [0.4, 0.5) is 0 Å². The van der Waals surface area contributed by atoms with Crippen LogP contribution in [0.2, 0.25) is 0 Å². The molecular formula is C35H56NO3+. The van der Waals surface area contributed by atoms with E-state index in [0.29, 0.717) is 6.42 Å². The van der Waals surface area contributed by atoms with E-state index < -0.39 is 6.29 Å². The van der Waals surface area contributed by atoms with Gasteiger partial charge in [0, 0.05) is 18.4 Å². The number of benzene rings is 2. The van der Waals surface area contributed by atoms with Crippen molar-refractivity contribution in [1.82, 2.24) is 0 Å². The van der Waals surface area contributed by atoms with Gasteiger partial charge in [-0.05, 0) is 37.0 Å². The van der Waals surface area contributed by atoms with Gasteiger partial charge < -0.3 is 14.0 Å². The van der Waals surface area contributed by atoms with Crippen LogP contribution >= 0.6 is 0 Å². The van der Waals surface area contributed by atoms with Crippen LogP contribution in [-0.4, -0.2) is 37.4 Å². The third kappa shape index (κ3) is 14.6. The number of quaternary nitrogens is 1. The molecule has 0 saturated carbocycles. The number of aryl methyl sites for hydroxylation is 1. The van der Waals surface area contributed by atoms with E-state index >= 15 is 0 Å². The molecule has 2 aromatic carbocycles. The smallest absolute Gasteiger partial charge is 0.311 e. The van der Waals surface area contributed by atoms with Crippen molar-refractivity contribution in [2.45, 2.75) is 117 Å². The largest absolute Gasteiger partial charge is 0.455 e. The third-order valence-corrected chi connectivity index (χ3v) is 7.56. The molecule has 39 heavy (non-hydrogen) atoms. The zero-order chi connectivity index (χ0) is 28.3. The Labute approximate surface area is 239 Å². The van der Waals surface area contributed by atoms with Crippen LogP contribution in [0.25, 0.3) is 0 Å². The zero-order valence-electron chi connectivity index (χ0n) is 25.6. The fourth-order valence-electron chi connectivity index (χ4n) is 4.97. The minimum absolute atomic E-state index is 0.167. The van der Waals surface area contributed by atoms with Crippen molar-refractivity contribution < 1.29 is 18.8 Å². The minimum Gasteiger partial charge on any atom is -0.455 e. The highest BCUT2D eigenvalue weighted by molar-refractivity contribution is 5.72. The van der Waals surface area contributed by atoms with Gasteiger partial charge in [-0.2, -0.15) is 0 Å². The number of nitrogens with zero attached hydrogens (tertiary/aromatic N) is 1. The minimum atomic E-state index is -0.542. The maximum Gasteiger partial charge on any atom is 0.311 e. The fraction of sp³-hybridized carbons (Fsp3) is 0.629. The molecule has 0 aromatic heterocycles. The second-order valence-electron chi connectivity index (χ2n) is 12.0. The number of unbranched alkanes of at least 4 members (excludes halogenated alkanes) is 8. The van der Waals surface area contributed by atoms with Crippen LogP contribution in [0, 0.1) is 5.92 Å². The van der Waals surface area contributed by atoms with Gasteiger partial charge in [0.05, 0.1) is 26.6 Å². The summed E-state index contributed by atoms with van der Waals surface area (Å²) < 4.78 is 12.8. The van der Waals surface area contributed by atoms with E-state index in [9.17, 15) is 4.79 Å². The van der Waals surface area contributed by atoms with Gasteiger partial charge in [0.2, 0.25) is 6.29 Å². The van der Waals surface area contributed by atoms with Gasteiger partial charge in [-0.1, -0.05) is 115 Å². The molecule has 0 N–H and O–H groups in total. The molecule has 4 nitrogen and oxygen atoms in total. The number of rotatable bonds is 21. The summed E-state index contributed by atoms with van der Waals surface area (Å²) in [5.41, 5.74) is 2.66. The molecule has 0 spiro atoms. The van der Waals surface area contributed by atoms with E-state index in [1.165, 1.54) is 68.9 Å². The predicted octanol–water partition coefficient (Wildman–Crippen LogP) is 9.11. The van der Waals surface area contributed by atoms with Gasteiger partial charge >= 0.3 is 5.97 Å². The van der Waals surface area contributed by atoms with Crippen LogP contribution in [0.3, 0.4) is 0 Å². The van der Waals surface area contributed by atoms with Gasteiger partial charge in [0.25, 0.3) is 0 Å². The lowest BCUT2D eigenvalue weighted by atomic mass is 10.0. The highest BCUT2D eigenvalue weighted by Gasteiger charge is 2.24. The first-order valence-corrected chi connectivity index (χ1v) is 15.6. The molecule has 0 bridgehead atoms. The Balaban J connectivity index is 1.72. The Morgan fingerprint density at radius 2 is 1.36 bits per heavy atom. The Morgan fingerprint density at radius 1 is 0.744 bits per heavy atom. The molecule has 0 heterocycles. The highest BCUT2D eigenvalue weighted by atomic mass is 16.7. The summed E-state index contributed by atoms with van der Waals surface area (Å²) in [6.45, 7) is 8.18. The Hall–Kier alpha value is -2.33. The number of carbonyl (C=O) groups is 1. The van der Waals surface area contributed by atoms with E-state index in [1.54, 1.807) is 0 Å². The van der Waals surface area contributed by atoms with Crippen molar-refractivity contribution in [2.75, 3.05) is 20.6 Å². The summed E-state index contributed by atoms with van der Waals surface area (Å²) >= 11 is 0. The number of hydrogen-bond donors (Lipinski definition) is 0. The van der Waals surface area contributed by atoms with E-state index in [2.05, 4.69) is 64.3 Å². The van der Waals surface area contributed by atoms with Crippen LogP contribution in [-0.2, 0) is 22.5 Å². The van der Waals surface area contributed by atoms with Gasteiger partial charge in [-0.15, -0.1) is 0 Å². The molecule has 4 heteroatoms. The molecule has 0 aliphatic heterocycles. The average Bonchev–Trinajstić information content (AvgIpc) is 2.92. The lowest BCUT2D eigenvalue weighted by Crippen LogP contribution is -2.41. The molecule has 0 fully saturated rings. The number of carbonyl (C=O) groups excluding carboxylic acids is 1. The Kier molecular flexibility index (Phi) is 15.9. The molecule has 2 atom stereocenters. The summed E-state index contributed by atoms with van der Waals surface area (Å²) in [5.74, 6) is 0.431. The van der Waals surface area contributed by atoms with Crippen molar-refractivity contribution in [3.63, 3.8) is 0 Å². The zero-order valence-corrected chi connectivity index (χ0v) is 25.6. The highest BCUT2D eigenvalue weighted by Crippen LogP contribution is 2.20. The normalized spacial score (nSPS) is 13.2. The van der Waals surface area contributed by atoms with Crippen molar-refractivity contribution in [2.24, 2.45) is 5.92 Å². The standard InChI is InChI=1S/C35H56NO3/c1-6-8-9-10-11-12-13-14-16-20-31-23-25-33(26-24-31)38-34(19-7-2)39-35(37)30(3)27-28-36(4,5)29-32-21-17-15-18-22-32/h15,17-18,21-26,30,34H,6-14,16,19-20,27-29H2,1-5H3/q+1. The molecule has 0 amide bonds. The molecule has 2 rings (SSSR count). The molecule has 0 saturated heterocycles. The van der Waals surface area contributed by atoms with Gasteiger partial charge in [0.1, 0.15) is 12.3 Å². The topological polar surface area (TPSA) is 35.5 Å². The maximum absolute atomic E-state index is 12.9. The number of ether oxygens (including phenoxy) is 2. The summed E-state index contributed by atoms with van der Waals surface area (Å²) in [5, 5.41) is 0. The van der Waals surface area contributed by atoms with Crippen LogP contribution in [0.5, 0.6) is 5.75 Å². The molecule has 0 aliphatic carbocycles. The predicted molar refractivity (Wildman–Crippen MR) is 164 cm³/mol. The SMILES string of the molecule is CCCCCCCCCCCc1ccc(OC(CCC)OC(=O)C(C)CC[N+](C)(C)Cc2ccccc2)cc1. The van der Waals surface area contributed by atoms with Gasteiger partial charge in [0.15, 0.2) is 0 Å². The lowest BCUT2D eigenvalue weighted by molar-refractivity contribution is -0.904. The molecule has 218 valence electrons. The fourth-order valence-corrected chi connectivity index (χ4v) is 4.97. The van der Waals surface area contributed by atoms with E-state index in [-0.39, 0.29) is 11.9 Å². The number of esters is 1. The van der Waals surface area contributed by atoms with Crippen LogP contribution < -0.4 is 4.74 Å². The van der Waals surface area contributed by atoms with Crippen molar-refractivity contribution >= 4 is 5.97 Å². The number of hydrogen-bond acceptors (Lipinski definition) is 3. The summed E-state index contributed by atoms with van der Waals surface area (Å²) in [6.07, 6.45) is 15.1. The van der Waals surface area contributed by atoms with Crippen LogP contribution in [0.15, 0.2) is 54.6 Å².